The summed E-state index contributed by atoms with van der Waals surface area (Å²) in [5.74, 6) is 1.27. The summed E-state index contributed by atoms with van der Waals surface area (Å²) >= 11 is 0. The van der Waals surface area contributed by atoms with Crippen molar-refractivity contribution in [3.05, 3.63) is 77.4 Å². The first-order chi connectivity index (χ1) is 16.4. The van der Waals surface area contributed by atoms with Crippen LogP contribution in [0.5, 0.6) is 17.2 Å². The van der Waals surface area contributed by atoms with E-state index in [0.717, 1.165) is 11.1 Å². The molecule has 7 nitrogen and oxygen atoms in total. The molecule has 0 aliphatic carbocycles. The molecule has 0 radical (unpaired) electrons. The number of ether oxygens (including phenoxy) is 3. The minimum atomic E-state index is -0.856. The third-order valence-electron chi connectivity index (χ3n) is 6.20. The highest BCUT2D eigenvalue weighted by Crippen LogP contribution is 2.39. The number of amides is 2. The van der Waals surface area contributed by atoms with Crippen LogP contribution in [0.2, 0.25) is 0 Å². The molecule has 4 rings (SSSR count). The van der Waals surface area contributed by atoms with Crippen LogP contribution in [0.4, 0.5) is 11.4 Å². The van der Waals surface area contributed by atoms with Crippen LogP contribution < -0.4 is 24.0 Å². The number of hydrogen-bond donors (Lipinski definition) is 0. The molecule has 7 heteroatoms. The number of carbonyl (C=O) groups is 2. The number of carbonyl (C=O) groups excluding carboxylic acids is 2. The minimum Gasteiger partial charge on any atom is -0.497 e. The molecule has 0 bridgehead atoms. The van der Waals surface area contributed by atoms with Gasteiger partial charge in [-0.05, 0) is 66.9 Å². The first-order valence-electron chi connectivity index (χ1n) is 10.9. The van der Waals surface area contributed by atoms with Crippen molar-refractivity contribution < 1.29 is 23.8 Å². The topological polar surface area (TPSA) is 68.3 Å². The molecule has 176 valence electrons. The van der Waals surface area contributed by atoms with Gasteiger partial charge < -0.3 is 14.2 Å². The van der Waals surface area contributed by atoms with Crippen LogP contribution in [0, 0.1) is 13.8 Å². The number of nitrogens with zero attached hydrogens (tertiary/aromatic N) is 2. The first kappa shape index (κ1) is 23.2. The van der Waals surface area contributed by atoms with Gasteiger partial charge in [-0.1, -0.05) is 18.2 Å². The molecule has 3 aromatic carbocycles. The van der Waals surface area contributed by atoms with Crippen molar-refractivity contribution in [2.24, 2.45) is 0 Å². The van der Waals surface area contributed by atoms with Crippen LogP contribution in [0.3, 0.4) is 0 Å². The maximum absolute atomic E-state index is 14.0. The Morgan fingerprint density at radius 3 is 2.06 bits per heavy atom. The summed E-state index contributed by atoms with van der Waals surface area (Å²) in [7, 11) is 4.67. The van der Waals surface area contributed by atoms with Crippen molar-refractivity contribution >= 4 is 23.2 Å². The lowest BCUT2D eigenvalue weighted by Crippen LogP contribution is -2.56. The number of rotatable bonds is 6. The van der Waals surface area contributed by atoms with Crippen molar-refractivity contribution in [3.63, 3.8) is 0 Å². The molecular weight excluding hydrogens is 432 g/mol. The highest BCUT2D eigenvalue weighted by molar-refractivity contribution is 6.15. The molecule has 2 amide bonds. The highest BCUT2D eigenvalue weighted by Gasteiger charge is 2.42. The van der Waals surface area contributed by atoms with Crippen LogP contribution in [-0.2, 0) is 9.59 Å². The third-order valence-corrected chi connectivity index (χ3v) is 6.20. The molecule has 0 saturated carbocycles. The van der Waals surface area contributed by atoms with E-state index in [9.17, 15) is 9.59 Å². The molecule has 34 heavy (non-hydrogen) atoms. The summed E-state index contributed by atoms with van der Waals surface area (Å²) in [4.78, 5) is 30.7. The molecule has 1 fully saturated rings. The quantitative estimate of drug-likeness (QED) is 0.544. The summed E-state index contributed by atoms with van der Waals surface area (Å²) in [6, 6.07) is 17.3. The van der Waals surface area contributed by atoms with E-state index in [0.29, 0.717) is 34.2 Å². The van der Waals surface area contributed by atoms with E-state index >= 15 is 0 Å². The fourth-order valence-electron chi connectivity index (χ4n) is 4.15. The lowest BCUT2D eigenvalue weighted by atomic mass is 9.98. The normalized spacial score (nSPS) is 16.0. The Bertz CT molecular complexity index is 1220. The van der Waals surface area contributed by atoms with Crippen molar-refractivity contribution in [2.45, 2.75) is 19.9 Å². The summed E-state index contributed by atoms with van der Waals surface area (Å²) in [6.45, 7) is 3.88. The predicted octanol–water partition coefficient (Wildman–Crippen LogP) is 4.45. The summed E-state index contributed by atoms with van der Waals surface area (Å²) in [6.07, 6.45) is 0. The Kier molecular flexibility index (Phi) is 6.45. The SMILES string of the molecule is COc1ccc(C2C(=O)N(c3cc(OC)ccc3OC)CC(=O)N2c2ccc(C)c(C)c2)cc1. The van der Waals surface area contributed by atoms with Crippen molar-refractivity contribution in [1.29, 1.82) is 0 Å². The van der Waals surface area contributed by atoms with Crippen LogP contribution in [0.15, 0.2) is 60.7 Å². The van der Waals surface area contributed by atoms with Crippen LogP contribution in [0.1, 0.15) is 22.7 Å². The lowest BCUT2D eigenvalue weighted by molar-refractivity contribution is -0.128. The maximum atomic E-state index is 14.0. The van der Waals surface area contributed by atoms with Gasteiger partial charge in [0.25, 0.3) is 5.91 Å². The van der Waals surface area contributed by atoms with Gasteiger partial charge in [-0.15, -0.1) is 0 Å². The average molecular weight is 461 g/mol. The fourth-order valence-corrected chi connectivity index (χ4v) is 4.15. The summed E-state index contributed by atoms with van der Waals surface area (Å²) < 4.78 is 16.1. The zero-order chi connectivity index (χ0) is 24.4. The van der Waals surface area contributed by atoms with E-state index in [1.807, 2.05) is 44.2 Å². The van der Waals surface area contributed by atoms with Crippen molar-refractivity contribution in [3.8, 4) is 17.2 Å². The van der Waals surface area contributed by atoms with Crippen molar-refractivity contribution in [1.82, 2.24) is 0 Å². The van der Waals surface area contributed by atoms with E-state index in [1.54, 1.807) is 49.5 Å². The lowest BCUT2D eigenvalue weighted by Gasteiger charge is -2.41. The number of hydrogen-bond acceptors (Lipinski definition) is 5. The predicted molar refractivity (Wildman–Crippen MR) is 131 cm³/mol. The van der Waals surface area contributed by atoms with Gasteiger partial charge in [0.15, 0.2) is 0 Å². The van der Waals surface area contributed by atoms with Gasteiger partial charge in [-0.2, -0.15) is 0 Å². The monoisotopic (exact) mass is 460 g/mol. The largest absolute Gasteiger partial charge is 0.497 e. The highest BCUT2D eigenvalue weighted by atomic mass is 16.5. The number of methoxy groups -OCH3 is 3. The molecule has 0 spiro atoms. The molecule has 1 aliphatic rings. The number of aryl methyl sites for hydroxylation is 2. The summed E-state index contributed by atoms with van der Waals surface area (Å²) in [5.41, 5.74) is 4.01. The Morgan fingerprint density at radius 1 is 0.765 bits per heavy atom. The molecule has 0 aromatic heterocycles. The third kappa shape index (κ3) is 4.17. The molecule has 3 aromatic rings. The molecule has 1 heterocycles. The Balaban J connectivity index is 1.85. The molecular formula is C27H28N2O5. The van der Waals surface area contributed by atoms with E-state index in [1.165, 1.54) is 12.0 Å². The second-order valence-electron chi connectivity index (χ2n) is 8.17. The molecule has 1 atom stereocenters. The second-order valence-corrected chi connectivity index (χ2v) is 8.17. The average Bonchev–Trinajstić information content (AvgIpc) is 2.86. The van der Waals surface area contributed by atoms with Gasteiger partial charge in [-0.3, -0.25) is 19.4 Å². The molecule has 1 saturated heterocycles. The second kappa shape index (κ2) is 9.47. The minimum absolute atomic E-state index is 0.123. The van der Waals surface area contributed by atoms with Gasteiger partial charge in [0.2, 0.25) is 5.91 Å². The van der Waals surface area contributed by atoms with E-state index in [-0.39, 0.29) is 18.4 Å². The van der Waals surface area contributed by atoms with Crippen LogP contribution >= 0.6 is 0 Å². The molecule has 1 unspecified atom stereocenters. The Hall–Kier alpha value is -4.00. The Labute approximate surface area is 199 Å². The Morgan fingerprint density at radius 2 is 1.44 bits per heavy atom. The fraction of sp³-hybridized carbons (Fsp3) is 0.259. The van der Waals surface area contributed by atoms with Crippen LogP contribution in [-0.4, -0.2) is 39.7 Å². The zero-order valence-electron chi connectivity index (χ0n) is 20.0. The van der Waals surface area contributed by atoms with E-state index in [4.69, 9.17) is 14.2 Å². The zero-order valence-corrected chi connectivity index (χ0v) is 20.0. The van der Waals surface area contributed by atoms with Crippen LogP contribution in [0.25, 0.3) is 0 Å². The van der Waals surface area contributed by atoms with Crippen molar-refractivity contribution in [2.75, 3.05) is 37.7 Å². The van der Waals surface area contributed by atoms with Gasteiger partial charge in [0.05, 0.1) is 27.0 Å². The van der Waals surface area contributed by atoms with E-state index < -0.39 is 6.04 Å². The van der Waals surface area contributed by atoms with E-state index in [2.05, 4.69) is 0 Å². The number of anilines is 2. The van der Waals surface area contributed by atoms with Gasteiger partial charge in [0.1, 0.15) is 29.8 Å². The van der Waals surface area contributed by atoms with Gasteiger partial charge in [0, 0.05) is 11.8 Å². The molecule has 0 N–H and O–H groups in total. The molecule has 1 aliphatic heterocycles. The summed E-state index contributed by atoms with van der Waals surface area (Å²) in [5, 5.41) is 0. The number of piperazine rings is 1. The van der Waals surface area contributed by atoms with Gasteiger partial charge >= 0.3 is 0 Å². The standard InChI is InChI=1S/C27H28N2O5/c1-17-6-9-20(14-18(17)2)29-25(30)16-28(23-15-22(33-4)12-13-24(23)34-5)27(31)26(29)19-7-10-21(32-3)11-8-19/h6-15,26H,16H2,1-5H3. The smallest absolute Gasteiger partial charge is 0.255 e. The first-order valence-corrected chi connectivity index (χ1v) is 10.9. The van der Waals surface area contributed by atoms with Gasteiger partial charge in [-0.25, -0.2) is 0 Å². The maximum Gasteiger partial charge on any atom is 0.255 e. The number of benzene rings is 3.